The maximum Gasteiger partial charge on any atom is 0.230 e. The van der Waals surface area contributed by atoms with Crippen molar-refractivity contribution in [1.82, 2.24) is 4.90 Å². The van der Waals surface area contributed by atoms with Gasteiger partial charge in [0.2, 0.25) is 5.91 Å². The van der Waals surface area contributed by atoms with Gasteiger partial charge in [-0.05, 0) is 51.4 Å². The van der Waals surface area contributed by atoms with E-state index in [1.54, 1.807) is 0 Å². The van der Waals surface area contributed by atoms with Crippen LogP contribution < -0.4 is 0 Å². The van der Waals surface area contributed by atoms with Gasteiger partial charge in [-0.1, -0.05) is 13.8 Å². The fourth-order valence-electron chi connectivity index (χ4n) is 3.24. The summed E-state index contributed by atoms with van der Waals surface area (Å²) in [6.45, 7) is 9.74. The molecule has 1 amide bonds. The van der Waals surface area contributed by atoms with Gasteiger partial charge in [-0.3, -0.25) is 4.79 Å². The van der Waals surface area contributed by atoms with Crippen molar-refractivity contribution < 1.29 is 4.79 Å². The monoisotopic (exact) mass is 223 g/mol. The van der Waals surface area contributed by atoms with Crippen LogP contribution in [0, 0.1) is 17.3 Å². The predicted molar refractivity (Wildman–Crippen MR) is 66.1 cm³/mol. The molecule has 1 saturated heterocycles. The van der Waals surface area contributed by atoms with E-state index in [4.69, 9.17) is 0 Å². The molecule has 0 bridgehead atoms. The number of β-lactam (4-membered cyclic amide) rings is 1. The van der Waals surface area contributed by atoms with E-state index in [1.165, 1.54) is 25.7 Å². The highest BCUT2D eigenvalue weighted by molar-refractivity contribution is 5.88. The molecule has 16 heavy (non-hydrogen) atoms. The van der Waals surface area contributed by atoms with Crippen LogP contribution in [0.3, 0.4) is 0 Å². The van der Waals surface area contributed by atoms with E-state index in [0.29, 0.717) is 11.9 Å². The highest BCUT2D eigenvalue weighted by atomic mass is 16.2. The van der Waals surface area contributed by atoms with Gasteiger partial charge in [0.1, 0.15) is 0 Å². The summed E-state index contributed by atoms with van der Waals surface area (Å²) in [7, 11) is 0. The Kier molecular flexibility index (Phi) is 3.02. The van der Waals surface area contributed by atoms with Crippen LogP contribution in [0.1, 0.15) is 53.4 Å². The van der Waals surface area contributed by atoms with Gasteiger partial charge in [-0.15, -0.1) is 0 Å². The number of carbonyl (C=O) groups is 1. The molecule has 1 aliphatic carbocycles. The van der Waals surface area contributed by atoms with Crippen LogP contribution in [0.5, 0.6) is 0 Å². The van der Waals surface area contributed by atoms with Crippen LogP contribution in [0.25, 0.3) is 0 Å². The number of carbonyl (C=O) groups excluding carboxylic acids is 1. The average molecular weight is 223 g/mol. The molecule has 2 nitrogen and oxygen atoms in total. The maximum atomic E-state index is 11.9. The lowest BCUT2D eigenvalue weighted by atomic mass is 9.75. The molecular weight excluding hydrogens is 198 g/mol. The number of likely N-dealkylation sites (tertiary alicyclic amines) is 1. The summed E-state index contributed by atoms with van der Waals surface area (Å²) in [6, 6.07) is 0.551. The molecule has 0 aromatic rings. The van der Waals surface area contributed by atoms with Gasteiger partial charge in [0, 0.05) is 12.6 Å². The summed E-state index contributed by atoms with van der Waals surface area (Å²) >= 11 is 0. The number of rotatable bonds is 2. The molecular formula is C14H25NO. The molecule has 0 aromatic heterocycles. The summed E-state index contributed by atoms with van der Waals surface area (Å²) in [5.74, 6) is 2.07. The van der Waals surface area contributed by atoms with Crippen molar-refractivity contribution in [3.05, 3.63) is 0 Å². The Labute approximate surface area is 99.4 Å². The minimum absolute atomic E-state index is 0.0745. The molecule has 92 valence electrons. The van der Waals surface area contributed by atoms with Crippen LogP contribution in [-0.4, -0.2) is 23.4 Å². The van der Waals surface area contributed by atoms with Crippen LogP contribution in [0.15, 0.2) is 0 Å². The van der Waals surface area contributed by atoms with Crippen LogP contribution in [-0.2, 0) is 4.79 Å². The van der Waals surface area contributed by atoms with Crippen molar-refractivity contribution in [1.29, 1.82) is 0 Å². The largest absolute Gasteiger partial charge is 0.338 e. The van der Waals surface area contributed by atoms with Gasteiger partial charge < -0.3 is 4.90 Å². The van der Waals surface area contributed by atoms with E-state index in [9.17, 15) is 4.79 Å². The number of amides is 1. The fraction of sp³-hybridized carbons (Fsp3) is 0.929. The topological polar surface area (TPSA) is 20.3 Å². The molecule has 1 saturated carbocycles. The Hall–Kier alpha value is -0.530. The first kappa shape index (κ1) is 11.9. The molecule has 1 heterocycles. The minimum atomic E-state index is -0.0745. The van der Waals surface area contributed by atoms with Gasteiger partial charge in [0.15, 0.2) is 0 Å². The third kappa shape index (κ3) is 1.99. The lowest BCUT2D eigenvalue weighted by Gasteiger charge is -2.50. The van der Waals surface area contributed by atoms with Crippen LogP contribution >= 0.6 is 0 Å². The second-order valence-corrected chi connectivity index (χ2v) is 6.63. The maximum absolute atomic E-state index is 11.9. The Morgan fingerprint density at radius 2 is 1.75 bits per heavy atom. The molecule has 2 heteroatoms. The third-order valence-corrected chi connectivity index (χ3v) is 4.53. The van der Waals surface area contributed by atoms with Crippen molar-refractivity contribution in [3.63, 3.8) is 0 Å². The highest BCUT2D eigenvalue weighted by Gasteiger charge is 2.47. The third-order valence-electron chi connectivity index (χ3n) is 4.53. The van der Waals surface area contributed by atoms with Crippen molar-refractivity contribution in [2.45, 2.75) is 59.4 Å². The normalized spacial score (nSPS) is 34.1. The second-order valence-electron chi connectivity index (χ2n) is 6.63. The van der Waals surface area contributed by atoms with Gasteiger partial charge in [0.25, 0.3) is 0 Å². The summed E-state index contributed by atoms with van der Waals surface area (Å²) in [6.07, 6.45) is 5.08. The zero-order valence-corrected chi connectivity index (χ0v) is 11.1. The van der Waals surface area contributed by atoms with Crippen molar-refractivity contribution in [2.75, 3.05) is 6.54 Å². The van der Waals surface area contributed by atoms with Gasteiger partial charge in [-0.2, -0.15) is 0 Å². The molecule has 0 radical (unpaired) electrons. The Morgan fingerprint density at radius 3 is 2.12 bits per heavy atom. The molecule has 0 spiro atoms. The lowest BCUT2D eigenvalue weighted by Crippen LogP contribution is -2.62. The summed E-state index contributed by atoms with van der Waals surface area (Å²) < 4.78 is 0. The van der Waals surface area contributed by atoms with E-state index in [0.717, 1.165) is 18.4 Å². The smallest absolute Gasteiger partial charge is 0.230 e. The second kappa shape index (κ2) is 4.05. The van der Waals surface area contributed by atoms with E-state index in [-0.39, 0.29) is 5.41 Å². The van der Waals surface area contributed by atoms with Crippen molar-refractivity contribution in [3.8, 4) is 0 Å². The fourth-order valence-corrected chi connectivity index (χ4v) is 3.24. The number of nitrogens with zero attached hydrogens (tertiary/aromatic N) is 1. The zero-order valence-electron chi connectivity index (χ0n) is 11.1. The summed E-state index contributed by atoms with van der Waals surface area (Å²) in [5.41, 5.74) is -0.0745. The van der Waals surface area contributed by atoms with Gasteiger partial charge in [0.05, 0.1) is 5.41 Å². The first-order valence-electron chi connectivity index (χ1n) is 6.73. The van der Waals surface area contributed by atoms with E-state index in [2.05, 4.69) is 32.6 Å². The van der Waals surface area contributed by atoms with Crippen molar-refractivity contribution in [2.24, 2.45) is 17.3 Å². The first-order chi connectivity index (χ1) is 7.42. The number of hydrogen-bond donors (Lipinski definition) is 0. The van der Waals surface area contributed by atoms with E-state index >= 15 is 0 Å². The Bertz CT molecular complexity index is 274. The quantitative estimate of drug-likeness (QED) is 0.659. The molecule has 2 fully saturated rings. The summed E-state index contributed by atoms with van der Waals surface area (Å²) in [4.78, 5) is 14.0. The van der Waals surface area contributed by atoms with Crippen LogP contribution in [0.4, 0.5) is 0 Å². The zero-order chi connectivity index (χ0) is 11.9. The van der Waals surface area contributed by atoms with E-state index < -0.39 is 0 Å². The average Bonchev–Trinajstić information content (AvgIpc) is 2.26. The molecule has 1 aliphatic heterocycles. The molecule has 0 unspecified atom stereocenters. The van der Waals surface area contributed by atoms with Crippen LogP contribution in [0.2, 0.25) is 0 Å². The standard InChI is InChI=1S/C14H25NO/c1-10(2)11-5-7-12(8-6-11)15-9-14(3,4)13(15)16/h10-12H,5-9H2,1-4H3. The molecule has 2 rings (SSSR count). The predicted octanol–water partition coefficient (Wildman–Crippen LogP) is 3.07. The first-order valence-corrected chi connectivity index (χ1v) is 6.73. The molecule has 0 atom stereocenters. The minimum Gasteiger partial charge on any atom is -0.338 e. The molecule has 0 N–H and O–H groups in total. The molecule has 0 aromatic carbocycles. The Morgan fingerprint density at radius 1 is 1.19 bits per heavy atom. The van der Waals surface area contributed by atoms with Crippen molar-refractivity contribution >= 4 is 5.91 Å². The van der Waals surface area contributed by atoms with E-state index in [1.807, 2.05) is 0 Å². The Balaban J connectivity index is 1.85. The summed E-state index contributed by atoms with van der Waals surface area (Å²) in [5, 5.41) is 0. The highest BCUT2D eigenvalue weighted by Crippen LogP contribution is 2.39. The van der Waals surface area contributed by atoms with Gasteiger partial charge in [-0.25, -0.2) is 0 Å². The van der Waals surface area contributed by atoms with Gasteiger partial charge >= 0.3 is 0 Å². The molecule has 2 aliphatic rings. The lowest BCUT2D eigenvalue weighted by molar-refractivity contribution is -0.162. The number of hydrogen-bond acceptors (Lipinski definition) is 1. The SMILES string of the molecule is CC(C)C1CCC(N2CC(C)(C)C2=O)CC1.